The minimum absolute atomic E-state index is 0. The van der Waals surface area contributed by atoms with Crippen molar-refractivity contribution in [3.05, 3.63) is 176 Å². The number of pyridine rings is 1. The van der Waals surface area contributed by atoms with Gasteiger partial charge in [0.05, 0.1) is 11.4 Å². The van der Waals surface area contributed by atoms with Crippen LogP contribution in [0, 0.1) is 6.07 Å². The molecular formula is C43H28IrN3-. The molecule has 47 heavy (non-hydrogen) atoms. The zero-order valence-electron chi connectivity index (χ0n) is 25.3. The van der Waals surface area contributed by atoms with Crippen molar-refractivity contribution < 1.29 is 20.1 Å². The third kappa shape index (κ3) is 6.30. The van der Waals surface area contributed by atoms with Crippen LogP contribution in [-0.2, 0) is 20.1 Å². The van der Waals surface area contributed by atoms with Crippen molar-refractivity contribution in [1.29, 1.82) is 0 Å². The average molecular weight is 779 g/mol. The maximum atomic E-state index is 5.21. The van der Waals surface area contributed by atoms with Crippen LogP contribution in [0.1, 0.15) is 0 Å². The fourth-order valence-corrected chi connectivity index (χ4v) is 5.91. The summed E-state index contributed by atoms with van der Waals surface area (Å²) in [6, 6.07) is 59.8. The first kappa shape index (κ1) is 30.1. The number of hydrogen-bond donors (Lipinski definition) is 0. The molecule has 2 aromatic heterocycles. The molecule has 0 spiro atoms. The molecule has 0 N–H and O–H groups in total. The van der Waals surface area contributed by atoms with E-state index in [0.717, 1.165) is 66.8 Å². The maximum Gasteiger partial charge on any atom is 0.142 e. The molecule has 0 saturated heterocycles. The molecule has 0 aliphatic rings. The van der Waals surface area contributed by atoms with Crippen LogP contribution in [0.5, 0.6) is 0 Å². The summed E-state index contributed by atoms with van der Waals surface area (Å²) in [7, 11) is 0. The molecular weight excluding hydrogens is 751 g/mol. The minimum Gasteiger partial charge on any atom is -0.304 e. The monoisotopic (exact) mass is 779 g/mol. The van der Waals surface area contributed by atoms with Gasteiger partial charge in [-0.3, -0.25) is 0 Å². The van der Waals surface area contributed by atoms with Crippen molar-refractivity contribution in [2.75, 3.05) is 0 Å². The first-order valence-corrected chi connectivity index (χ1v) is 15.4. The van der Waals surface area contributed by atoms with E-state index < -0.39 is 0 Å². The molecule has 0 unspecified atom stereocenters. The van der Waals surface area contributed by atoms with Crippen LogP contribution in [-0.4, -0.2) is 15.0 Å². The van der Waals surface area contributed by atoms with Gasteiger partial charge in [-0.05, 0) is 50.9 Å². The van der Waals surface area contributed by atoms with Crippen LogP contribution in [0.15, 0.2) is 170 Å². The number of benzene rings is 6. The minimum atomic E-state index is 0. The van der Waals surface area contributed by atoms with Gasteiger partial charge in [-0.15, -0.1) is 29.8 Å². The van der Waals surface area contributed by atoms with E-state index >= 15 is 0 Å². The van der Waals surface area contributed by atoms with Crippen LogP contribution in [0.25, 0.3) is 78.2 Å². The van der Waals surface area contributed by atoms with E-state index in [9.17, 15) is 0 Å². The Morgan fingerprint density at radius 2 is 1.04 bits per heavy atom. The Labute approximate surface area is 288 Å². The van der Waals surface area contributed by atoms with E-state index in [-0.39, 0.29) is 20.1 Å². The summed E-state index contributed by atoms with van der Waals surface area (Å²) in [4.78, 5) is 15.1. The van der Waals surface area contributed by atoms with Gasteiger partial charge in [-0.25, -0.2) is 9.97 Å². The first-order chi connectivity index (χ1) is 22.8. The third-order valence-electron chi connectivity index (χ3n) is 8.25. The number of hydrogen-bond acceptors (Lipinski definition) is 3. The summed E-state index contributed by atoms with van der Waals surface area (Å²) in [6.45, 7) is 0. The fourth-order valence-electron chi connectivity index (χ4n) is 5.91. The van der Waals surface area contributed by atoms with Crippen molar-refractivity contribution in [2.24, 2.45) is 0 Å². The van der Waals surface area contributed by atoms with E-state index in [2.05, 4.69) is 133 Å². The molecule has 3 nitrogen and oxygen atoms in total. The predicted molar refractivity (Wildman–Crippen MR) is 189 cm³/mol. The topological polar surface area (TPSA) is 38.7 Å². The summed E-state index contributed by atoms with van der Waals surface area (Å²) in [5.74, 6) is 0.650. The summed E-state index contributed by atoms with van der Waals surface area (Å²) in [5, 5.41) is 2.25. The van der Waals surface area contributed by atoms with Gasteiger partial charge < -0.3 is 4.98 Å². The summed E-state index contributed by atoms with van der Waals surface area (Å²) < 4.78 is 0. The quantitative estimate of drug-likeness (QED) is 0.158. The second-order valence-electron chi connectivity index (χ2n) is 11.2. The molecule has 0 amide bonds. The van der Waals surface area contributed by atoms with Gasteiger partial charge in [0, 0.05) is 37.4 Å². The Morgan fingerprint density at radius 1 is 0.404 bits per heavy atom. The van der Waals surface area contributed by atoms with Crippen molar-refractivity contribution >= 4 is 10.8 Å². The van der Waals surface area contributed by atoms with E-state index in [0.29, 0.717) is 5.82 Å². The van der Waals surface area contributed by atoms with Crippen LogP contribution in [0.2, 0.25) is 0 Å². The fraction of sp³-hybridized carbons (Fsp3) is 0. The molecule has 8 rings (SSSR count). The molecule has 225 valence electrons. The van der Waals surface area contributed by atoms with Crippen LogP contribution in [0.4, 0.5) is 0 Å². The smallest absolute Gasteiger partial charge is 0.142 e. The molecule has 4 heteroatoms. The molecule has 0 fully saturated rings. The number of rotatable bonds is 6. The van der Waals surface area contributed by atoms with Crippen LogP contribution in [0.3, 0.4) is 0 Å². The molecule has 0 atom stereocenters. The third-order valence-corrected chi connectivity index (χ3v) is 8.25. The van der Waals surface area contributed by atoms with Gasteiger partial charge in [0.15, 0.2) is 0 Å². The molecule has 6 aromatic carbocycles. The van der Waals surface area contributed by atoms with E-state index in [1.54, 1.807) is 0 Å². The zero-order chi connectivity index (χ0) is 30.7. The van der Waals surface area contributed by atoms with Gasteiger partial charge in [-0.2, -0.15) is 0 Å². The van der Waals surface area contributed by atoms with Crippen LogP contribution < -0.4 is 0 Å². The van der Waals surface area contributed by atoms with Gasteiger partial charge in [0.1, 0.15) is 5.82 Å². The molecule has 8 aromatic rings. The molecule has 1 radical (unpaired) electrons. The van der Waals surface area contributed by atoms with Gasteiger partial charge >= 0.3 is 0 Å². The number of aromatic nitrogens is 3. The average Bonchev–Trinajstić information content (AvgIpc) is 3.15. The molecule has 0 aliphatic heterocycles. The SMILES string of the molecule is [Ir].[c-]1ccc(-c2nc(-c3cccc(-c4ccccc4)c3)cc(-c3ccccc3-c3ccccc3)n2)cc1-c1cc2ccccc2cn1. The van der Waals surface area contributed by atoms with Gasteiger partial charge in [0.2, 0.25) is 0 Å². The van der Waals surface area contributed by atoms with Crippen molar-refractivity contribution in [2.45, 2.75) is 0 Å². The number of nitrogens with zero attached hydrogens (tertiary/aromatic N) is 3. The first-order valence-electron chi connectivity index (χ1n) is 15.4. The summed E-state index contributed by atoms with van der Waals surface area (Å²) in [6.07, 6.45) is 1.92. The van der Waals surface area contributed by atoms with E-state index in [1.807, 2.05) is 42.6 Å². The van der Waals surface area contributed by atoms with E-state index in [1.165, 1.54) is 5.56 Å². The second-order valence-corrected chi connectivity index (χ2v) is 11.2. The van der Waals surface area contributed by atoms with E-state index in [4.69, 9.17) is 15.0 Å². The summed E-state index contributed by atoms with van der Waals surface area (Å²) in [5.41, 5.74) is 11.0. The van der Waals surface area contributed by atoms with Gasteiger partial charge in [-0.1, -0.05) is 139 Å². The van der Waals surface area contributed by atoms with Crippen molar-refractivity contribution in [3.8, 4) is 67.4 Å². The summed E-state index contributed by atoms with van der Waals surface area (Å²) >= 11 is 0. The number of fused-ring (bicyclic) bond motifs is 1. The van der Waals surface area contributed by atoms with Crippen molar-refractivity contribution in [1.82, 2.24) is 15.0 Å². The van der Waals surface area contributed by atoms with Gasteiger partial charge in [0.25, 0.3) is 0 Å². The zero-order valence-corrected chi connectivity index (χ0v) is 27.7. The van der Waals surface area contributed by atoms with Crippen molar-refractivity contribution in [3.63, 3.8) is 0 Å². The Morgan fingerprint density at radius 3 is 1.85 bits per heavy atom. The maximum absolute atomic E-state index is 5.21. The molecule has 0 bridgehead atoms. The Balaban J connectivity index is 0.00000351. The molecule has 2 heterocycles. The Kier molecular flexibility index (Phi) is 8.62. The second kappa shape index (κ2) is 13.4. The molecule has 0 saturated carbocycles. The molecule has 0 aliphatic carbocycles. The van der Waals surface area contributed by atoms with Crippen LogP contribution >= 0.6 is 0 Å². The normalized spacial score (nSPS) is 10.8. The Bertz CT molecular complexity index is 2320. The predicted octanol–water partition coefficient (Wildman–Crippen LogP) is 10.8. The Hall–Kier alpha value is -5.54. The standard InChI is InChI=1S/C43H28N3.Ir/c1-3-13-30(14-4-1)32-19-11-21-35(25-32)41-28-42(39-24-10-9-23-38(39)31-15-5-2-6-16-31)46-43(45-41)36-22-12-20-34(26-36)40-27-33-17-7-8-18-37(33)29-44-40;/h1-19,21-29H;/q-1;. The largest absolute Gasteiger partial charge is 0.304 e.